The van der Waals surface area contributed by atoms with Gasteiger partial charge in [-0.1, -0.05) is 6.92 Å². The van der Waals surface area contributed by atoms with Crippen molar-refractivity contribution in [2.75, 3.05) is 19.1 Å². The molecule has 11 nitrogen and oxygen atoms in total. The summed E-state index contributed by atoms with van der Waals surface area (Å²) in [6.45, 7) is 8.15. The molecular formula is C21H30N4O7. The number of anilines is 1. The average molecular weight is 450 g/mol. The molecule has 176 valence electrons. The van der Waals surface area contributed by atoms with Crippen LogP contribution in [-0.2, 0) is 34.1 Å². The molecule has 0 radical (unpaired) electrons. The molecule has 1 saturated heterocycles. The van der Waals surface area contributed by atoms with Crippen LogP contribution in [0.5, 0.6) is 0 Å². The smallest absolute Gasteiger partial charge is 0.313 e. The fourth-order valence-electron chi connectivity index (χ4n) is 3.49. The Morgan fingerprint density at radius 1 is 1.34 bits per heavy atom. The van der Waals surface area contributed by atoms with Crippen molar-refractivity contribution in [2.24, 2.45) is 5.41 Å². The van der Waals surface area contributed by atoms with E-state index in [0.29, 0.717) is 11.2 Å². The van der Waals surface area contributed by atoms with Gasteiger partial charge in [-0.15, -0.1) is 0 Å². The SMILES string of the molecule is CCC(=O)O[C@H]1[C@@H](O)[C@](C)(c2ccc3c(N)ncnn23)O[C@@H]1COCOC(=O)C(C)(C)C. The molecule has 4 atom stereocenters. The van der Waals surface area contributed by atoms with Crippen molar-refractivity contribution >= 4 is 23.3 Å². The van der Waals surface area contributed by atoms with Crippen LogP contribution >= 0.6 is 0 Å². The Morgan fingerprint density at radius 2 is 2.06 bits per heavy atom. The topological polar surface area (TPSA) is 148 Å². The number of aliphatic hydroxyl groups is 1. The fraction of sp³-hybridized carbons (Fsp3) is 0.619. The van der Waals surface area contributed by atoms with E-state index in [1.165, 1.54) is 10.8 Å². The summed E-state index contributed by atoms with van der Waals surface area (Å²) in [5.41, 5.74) is 5.02. The van der Waals surface area contributed by atoms with Gasteiger partial charge in [-0.25, -0.2) is 9.50 Å². The standard InChI is InChI=1S/C21H30N4O7/c1-6-15(26)31-16-13(9-29-11-30-19(28)20(2,3)4)32-21(5,17(16)27)14-8-7-12-18(22)23-10-24-25(12)14/h7-8,10,13,16-17,27H,6,9,11H2,1-5H3,(H2,22,23,24)/t13-,16-,17-,21+/m1/s1. The molecule has 0 saturated carbocycles. The molecule has 0 bridgehead atoms. The van der Waals surface area contributed by atoms with E-state index in [9.17, 15) is 14.7 Å². The summed E-state index contributed by atoms with van der Waals surface area (Å²) in [5, 5.41) is 15.4. The van der Waals surface area contributed by atoms with Gasteiger partial charge in [-0.05, 0) is 39.8 Å². The van der Waals surface area contributed by atoms with Crippen LogP contribution in [-0.4, -0.2) is 63.4 Å². The largest absolute Gasteiger partial charge is 0.457 e. The van der Waals surface area contributed by atoms with Crippen LogP contribution in [0.2, 0.25) is 0 Å². The first kappa shape index (κ1) is 23.9. The van der Waals surface area contributed by atoms with Crippen molar-refractivity contribution in [1.29, 1.82) is 0 Å². The Balaban J connectivity index is 1.80. The van der Waals surface area contributed by atoms with E-state index in [2.05, 4.69) is 10.1 Å². The van der Waals surface area contributed by atoms with Gasteiger partial charge in [0.15, 0.2) is 18.7 Å². The lowest BCUT2D eigenvalue weighted by Crippen LogP contribution is -2.42. The fourth-order valence-corrected chi connectivity index (χ4v) is 3.49. The number of rotatable bonds is 7. The first-order valence-electron chi connectivity index (χ1n) is 10.4. The average Bonchev–Trinajstić information content (AvgIpc) is 3.27. The van der Waals surface area contributed by atoms with Crippen LogP contribution in [0, 0.1) is 5.41 Å². The molecule has 11 heteroatoms. The second-order valence-corrected chi connectivity index (χ2v) is 8.85. The van der Waals surface area contributed by atoms with Crippen molar-refractivity contribution in [2.45, 2.75) is 65.0 Å². The van der Waals surface area contributed by atoms with Gasteiger partial charge in [0.05, 0.1) is 17.7 Å². The number of fused-ring (bicyclic) bond motifs is 1. The number of esters is 2. The minimum Gasteiger partial charge on any atom is -0.457 e. The predicted molar refractivity (Wildman–Crippen MR) is 112 cm³/mol. The maximum absolute atomic E-state index is 12.0. The predicted octanol–water partition coefficient (Wildman–Crippen LogP) is 1.17. The number of nitrogens with zero attached hydrogens (tertiary/aromatic N) is 3. The quantitative estimate of drug-likeness (QED) is 0.358. The molecule has 1 aliphatic heterocycles. The molecule has 3 N–H and O–H groups in total. The van der Waals surface area contributed by atoms with Crippen molar-refractivity contribution in [1.82, 2.24) is 14.6 Å². The summed E-state index contributed by atoms with van der Waals surface area (Å²) >= 11 is 0. The Hall–Kier alpha value is -2.76. The molecule has 1 aliphatic rings. The number of ether oxygens (including phenoxy) is 4. The maximum atomic E-state index is 12.0. The van der Waals surface area contributed by atoms with Gasteiger partial charge < -0.3 is 29.8 Å². The molecule has 3 heterocycles. The highest BCUT2D eigenvalue weighted by molar-refractivity contribution is 5.75. The zero-order chi connectivity index (χ0) is 23.7. The van der Waals surface area contributed by atoms with Gasteiger partial charge in [-0.2, -0.15) is 5.10 Å². The third-order valence-corrected chi connectivity index (χ3v) is 5.35. The minimum absolute atomic E-state index is 0.0772. The summed E-state index contributed by atoms with van der Waals surface area (Å²) in [5.74, 6) is -0.630. The highest BCUT2D eigenvalue weighted by Gasteiger charge is 2.56. The third-order valence-electron chi connectivity index (χ3n) is 5.35. The molecule has 32 heavy (non-hydrogen) atoms. The Kier molecular flexibility index (Phi) is 6.72. The molecule has 0 spiro atoms. The van der Waals surface area contributed by atoms with Crippen LogP contribution in [0.15, 0.2) is 18.5 Å². The number of nitrogens with two attached hydrogens (primary N) is 1. The van der Waals surface area contributed by atoms with Gasteiger partial charge in [0.25, 0.3) is 0 Å². The first-order chi connectivity index (χ1) is 15.0. The molecule has 3 rings (SSSR count). The van der Waals surface area contributed by atoms with Gasteiger partial charge in [0.1, 0.15) is 29.7 Å². The molecule has 2 aromatic rings. The van der Waals surface area contributed by atoms with E-state index in [0.717, 1.165) is 0 Å². The van der Waals surface area contributed by atoms with E-state index in [4.69, 9.17) is 24.7 Å². The van der Waals surface area contributed by atoms with Gasteiger partial charge in [0, 0.05) is 6.42 Å². The molecule has 0 amide bonds. The van der Waals surface area contributed by atoms with Crippen molar-refractivity contribution < 1.29 is 33.6 Å². The molecule has 1 fully saturated rings. The number of aliphatic hydroxyl groups excluding tert-OH is 1. The second-order valence-electron chi connectivity index (χ2n) is 8.85. The zero-order valence-corrected chi connectivity index (χ0v) is 18.9. The molecular weight excluding hydrogens is 420 g/mol. The van der Waals surface area contributed by atoms with Crippen LogP contribution < -0.4 is 5.73 Å². The van der Waals surface area contributed by atoms with E-state index < -0.39 is 41.3 Å². The van der Waals surface area contributed by atoms with Gasteiger partial charge >= 0.3 is 11.9 Å². The van der Waals surface area contributed by atoms with E-state index >= 15 is 0 Å². The van der Waals surface area contributed by atoms with Crippen LogP contribution in [0.4, 0.5) is 5.82 Å². The molecule has 0 aliphatic carbocycles. The Bertz CT molecular complexity index is 986. The number of hydrogen-bond donors (Lipinski definition) is 2. The second kappa shape index (κ2) is 9.00. The third kappa shape index (κ3) is 4.54. The monoisotopic (exact) mass is 450 g/mol. The minimum atomic E-state index is -1.29. The number of hydrogen-bond acceptors (Lipinski definition) is 10. The lowest BCUT2D eigenvalue weighted by Gasteiger charge is -2.27. The van der Waals surface area contributed by atoms with E-state index in [1.54, 1.807) is 46.8 Å². The van der Waals surface area contributed by atoms with Crippen LogP contribution in [0.25, 0.3) is 5.52 Å². The van der Waals surface area contributed by atoms with Gasteiger partial charge in [0.2, 0.25) is 0 Å². The van der Waals surface area contributed by atoms with Crippen molar-refractivity contribution in [3.63, 3.8) is 0 Å². The maximum Gasteiger partial charge on any atom is 0.313 e. The van der Waals surface area contributed by atoms with Crippen molar-refractivity contribution in [3.8, 4) is 0 Å². The molecule has 2 aromatic heterocycles. The Labute approximate surface area is 185 Å². The number of carbonyl (C=O) groups is 2. The lowest BCUT2D eigenvalue weighted by molar-refractivity contribution is -0.173. The molecule has 0 unspecified atom stereocenters. The highest BCUT2D eigenvalue weighted by Crippen LogP contribution is 2.41. The summed E-state index contributed by atoms with van der Waals surface area (Å²) in [4.78, 5) is 27.9. The summed E-state index contributed by atoms with van der Waals surface area (Å²) in [6.07, 6.45) is -1.61. The van der Waals surface area contributed by atoms with Crippen LogP contribution in [0.1, 0.15) is 46.7 Å². The number of nitrogen functional groups attached to an aromatic ring is 1. The van der Waals surface area contributed by atoms with E-state index in [1.807, 2.05) is 0 Å². The lowest BCUT2D eigenvalue weighted by atomic mass is 9.93. The van der Waals surface area contributed by atoms with E-state index in [-0.39, 0.29) is 25.6 Å². The Morgan fingerprint density at radius 3 is 2.72 bits per heavy atom. The van der Waals surface area contributed by atoms with Crippen molar-refractivity contribution in [3.05, 3.63) is 24.2 Å². The number of carbonyl (C=O) groups excluding carboxylic acids is 2. The van der Waals surface area contributed by atoms with Crippen LogP contribution in [0.3, 0.4) is 0 Å². The normalized spacial score (nSPS) is 25.8. The highest BCUT2D eigenvalue weighted by atomic mass is 16.7. The first-order valence-corrected chi connectivity index (χ1v) is 10.4. The summed E-state index contributed by atoms with van der Waals surface area (Å²) in [7, 11) is 0. The zero-order valence-electron chi connectivity index (χ0n) is 18.9. The molecule has 0 aromatic carbocycles. The summed E-state index contributed by atoms with van der Waals surface area (Å²) in [6, 6.07) is 3.44. The summed E-state index contributed by atoms with van der Waals surface area (Å²) < 4.78 is 23.8. The number of aromatic nitrogens is 3. The van der Waals surface area contributed by atoms with Gasteiger partial charge in [-0.3, -0.25) is 9.59 Å².